The first kappa shape index (κ1) is 24.5. The number of piperidine rings is 1. The number of hydrogen-bond donors (Lipinski definition) is 0. The number of rotatable bonds is 4. The zero-order chi connectivity index (χ0) is 24.5. The number of thioether (sulfide) groups is 1. The number of carbonyl (C=O) groups excluding carboxylic acids is 3. The van der Waals surface area contributed by atoms with Crippen LogP contribution >= 0.6 is 23.1 Å². The SMILES string of the molecule is COC(=O)C1SCCN1C(=O)c1csc(C2CCN(C(=O)c3ccccc3C(F)(F)F)CC2)n1. The Hall–Kier alpha value is -2.60. The predicted molar refractivity (Wildman–Crippen MR) is 121 cm³/mol. The Bertz CT molecular complexity index is 1080. The molecule has 2 aliphatic rings. The molecule has 2 saturated heterocycles. The van der Waals surface area contributed by atoms with Gasteiger partial charge in [0.2, 0.25) is 0 Å². The Morgan fingerprint density at radius 3 is 2.47 bits per heavy atom. The van der Waals surface area contributed by atoms with Gasteiger partial charge in [-0.3, -0.25) is 9.59 Å². The van der Waals surface area contributed by atoms with Crippen molar-refractivity contribution in [2.75, 3.05) is 32.5 Å². The van der Waals surface area contributed by atoms with Crippen molar-refractivity contribution < 1.29 is 32.3 Å². The first-order valence-electron chi connectivity index (χ1n) is 10.6. The van der Waals surface area contributed by atoms with Crippen molar-refractivity contribution >= 4 is 40.9 Å². The summed E-state index contributed by atoms with van der Waals surface area (Å²) in [4.78, 5) is 45.0. The second-order valence-corrected chi connectivity index (χ2v) is 10.0. The molecule has 2 aromatic rings. The molecule has 1 unspecified atom stereocenters. The van der Waals surface area contributed by atoms with Crippen LogP contribution in [-0.2, 0) is 15.7 Å². The van der Waals surface area contributed by atoms with Crippen LogP contribution in [0.3, 0.4) is 0 Å². The fraction of sp³-hybridized carbons (Fsp3) is 0.455. The van der Waals surface area contributed by atoms with Crippen molar-refractivity contribution in [2.45, 2.75) is 30.3 Å². The Labute approximate surface area is 202 Å². The maximum atomic E-state index is 13.3. The van der Waals surface area contributed by atoms with E-state index in [1.54, 1.807) is 5.38 Å². The number of thiazole rings is 1. The second kappa shape index (κ2) is 9.95. The van der Waals surface area contributed by atoms with Crippen LogP contribution in [0.2, 0.25) is 0 Å². The topological polar surface area (TPSA) is 79.8 Å². The third kappa shape index (κ3) is 4.92. The van der Waals surface area contributed by atoms with Gasteiger partial charge in [-0.25, -0.2) is 9.78 Å². The highest BCUT2D eigenvalue weighted by molar-refractivity contribution is 8.00. The summed E-state index contributed by atoms with van der Waals surface area (Å²) in [5, 5.41) is 1.72. The molecule has 1 atom stereocenters. The minimum absolute atomic E-state index is 0.00202. The van der Waals surface area contributed by atoms with E-state index in [1.165, 1.54) is 58.2 Å². The molecule has 4 rings (SSSR count). The standard InChI is InChI=1S/C22H22F3N3O4S2/c1-32-21(31)20-28(10-11-33-20)19(30)16-12-34-17(26-16)13-6-8-27(9-7-13)18(29)14-4-2-3-5-15(14)22(23,24)25/h2-5,12-13,20H,6-11H2,1H3. The van der Waals surface area contributed by atoms with Crippen LogP contribution < -0.4 is 0 Å². The Morgan fingerprint density at radius 1 is 1.09 bits per heavy atom. The van der Waals surface area contributed by atoms with Crippen LogP contribution in [0.15, 0.2) is 29.6 Å². The van der Waals surface area contributed by atoms with Crippen LogP contribution in [0.5, 0.6) is 0 Å². The van der Waals surface area contributed by atoms with Gasteiger partial charge < -0.3 is 14.5 Å². The average molecular weight is 514 g/mol. The first-order valence-corrected chi connectivity index (χ1v) is 12.5. The maximum absolute atomic E-state index is 13.3. The number of nitrogens with zero attached hydrogens (tertiary/aromatic N) is 3. The summed E-state index contributed by atoms with van der Waals surface area (Å²) < 4.78 is 44.6. The first-order chi connectivity index (χ1) is 16.2. The molecule has 34 heavy (non-hydrogen) atoms. The Kier molecular flexibility index (Phi) is 7.17. The molecule has 182 valence electrons. The van der Waals surface area contributed by atoms with Crippen molar-refractivity contribution in [3.05, 3.63) is 51.5 Å². The predicted octanol–water partition coefficient (Wildman–Crippen LogP) is 3.87. The summed E-state index contributed by atoms with van der Waals surface area (Å²) in [5.41, 5.74) is -1.02. The van der Waals surface area contributed by atoms with Crippen LogP contribution in [0.4, 0.5) is 13.2 Å². The third-order valence-electron chi connectivity index (χ3n) is 5.89. The lowest BCUT2D eigenvalue weighted by Crippen LogP contribution is -2.40. The van der Waals surface area contributed by atoms with E-state index in [-0.39, 0.29) is 23.1 Å². The molecule has 0 aliphatic carbocycles. The summed E-state index contributed by atoms with van der Waals surface area (Å²) in [7, 11) is 1.28. The van der Waals surface area contributed by atoms with Crippen molar-refractivity contribution in [2.24, 2.45) is 0 Å². The fourth-order valence-electron chi connectivity index (χ4n) is 4.11. The highest BCUT2D eigenvalue weighted by Gasteiger charge is 2.38. The smallest absolute Gasteiger partial charge is 0.417 e. The lowest BCUT2D eigenvalue weighted by molar-refractivity contribution is -0.142. The molecule has 7 nitrogen and oxygen atoms in total. The molecule has 0 N–H and O–H groups in total. The Morgan fingerprint density at radius 2 is 1.79 bits per heavy atom. The Balaban J connectivity index is 1.40. The van der Waals surface area contributed by atoms with Gasteiger partial charge in [0.15, 0.2) is 5.37 Å². The maximum Gasteiger partial charge on any atom is 0.417 e. The van der Waals surface area contributed by atoms with Crippen LogP contribution in [0.25, 0.3) is 0 Å². The lowest BCUT2D eigenvalue weighted by Gasteiger charge is -2.31. The van der Waals surface area contributed by atoms with Gasteiger partial charge in [0.05, 0.1) is 23.2 Å². The lowest BCUT2D eigenvalue weighted by atomic mass is 9.96. The molecule has 0 radical (unpaired) electrons. The number of carbonyl (C=O) groups is 3. The van der Waals surface area contributed by atoms with Gasteiger partial charge in [-0.15, -0.1) is 23.1 Å². The monoisotopic (exact) mass is 513 g/mol. The molecular formula is C22H22F3N3O4S2. The average Bonchev–Trinajstić information content (AvgIpc) is 3.53. The molecule has 0 saturated carbocycles. The summed E-state index contributed by atoms with van der Waals surface area (Å²) in [5.74, 6) is -0.818. The number of likely N-dealkylation sites (tertiary alicyclic amines) is 1. The number of amides is 2. The largest absolute Gasteiger partial charge is 0.467 e. The molecule has 12 heteroatoms. The zero-order valence-corrected chi connectivity index (χ0v) is 19.8. The van der Waals surface area contributed by atoms with Gasteiger partial charge in [-0.1, -0.05) is 12.1 Å². The normalized spacial score (nSPS) is 19.4. The molecule has 0 bridgehead atoms. The molecule has 0 spiro atoms. The number of hydrogen-bond acceptors (Lipinski definition) is 7. The van der Waals surface area contributed by atoms with Crippen LogP contribution in [0.1, 0.15) is 50.2 Å². The van der Waals surface area contributed by atoms with Gasteiger partial charge in [-0.05, 0) is 25.0 Å². The van der Waals surface area contributed by atoms with E-state index < -0.39 is 29.0 Å². The summed E-state index contributed by atoms with van der Waals surface area (Å²) >= 11 is 2.68. The van der Waals surface area contributed by atoms with Crippen molar-refractivity contribution in [3.8, 4) is 0 Å². The third-order valence-corrected chi connectivity index (χ3v) is 8.08. The minimum atomic E-state index is -4.60. The number of aromatic nitrogens is 1. The van der Waals surface area contributed by atoms with Crippen molar-refractivity contribution in [1.82, 2.24) is 14.8 Å². The number of halogens is 3. The van der Waals surface area contributed by atoms with Gasteiger partial charge >= 0.3 is 12.1 Å². The molecule has 1 aromatic heterocycles. The van der Waals surface area contributed by atoms with Crippen LogP contribution in [0, 0.1) is 0 Å². The van der Waals surface area contributed by atoms with E-state index >= 15 is 0 Å². The molecule has 2 fully saturated rings. The van der Waals surface area contributed by atoms with Crippen molar-refractivity contribution in [1.29, 1.82) is 0 Å². The number of ether oxygens (including phenoxy) is 1. The van der Waals surface area contributed by atoms with Crippen LogP contribution in [-0.4, -0.2) is 70.4 Å². The van der Waals surface area contributed by atoms with E-state index in [0.717, 1.165) is 11.1 Å². The van der Waals surface area contributed by atoms with Gasteiger partial charge in [0.1, 0.15) is 5.69 Å². The van der Waals surface area contributed by atoms with E-state index in [4.69, 9.17) is 4.74 Å². The van der Waals surface area contributed by atoms with E-state index in [9.17, 15) is 27.6 Å². The number of alkyl halides is 3. The summed E-state index contributed by atoms with van der Waals surface area (Å²) in [6.07, 6.45) is -3.54. The second-order valence-electron chi connectivity index (χ2n) is 7.93. The molecule has 1 aromatic carbocycles. The molecule has 2 aliphatic heterocycles. The van der Waals surface area contributed by atoms with Gasteiger partial charge in [0.25, 0.3) is 11.8 Å². The molecular weight excluding hydrogens is 491 g/mol. The number of esters is 1. The van der Waals surface area contributed by atoms with E-state index in [1.807, 2.05) is 0 Å². The van der Waals surface area contributed by atoms with Gasteiger partial charge in [-0.2, -0.15) is 13.2 Å². The summed E-state index contributed by atoms with van der Waals surface area (Å²) in [6, 6.07) is 4.81. The number of benzene rings is 1. The zero-order valence-electron chi connectivity index (χ0n) is 18.2. The van der Waals surface area contributed by atoms with E-state index in [2.05, 4.69) is 4.98 Å². The van der Waals surface area contributed by atoms with Gasteiger partial charge in [0, 0.05) is 36.7 Å². The number of methoxy groups -OCH3 is 1. The highest BCUT2D eigenvalue weighted by Crippen LogP contribution is 2.35. The summed E-state index contributed by atoms with van der Waals surface area (Å²) in [6.45, 7) is 1.02. The van der Waals surface area contributed by atoms with E-state index in [0.29, 0.717) is 38.2 Å². The molecule has 3 heterocycles. The minimum Gasteiger partial charge on any atom is -0.467 e. The highest BCUT2D eigenvalue weighted by atomic mass is 32.2. The fourth-order valence-corrected chi connectivity index (χ4v) is 6.22. The van der Waals surface area contributed by atoms with Crippen molar-refractivity contribution in [3.63, 3.8) is 0 Å². The molecule has 2 amide bonds. The quantitative estimate of drug-likeness (QED) is 0.578.